The normalized spacial score (nSPS) is 14.6. The molecule has 0 N–H and O–H groups in total. The first-order valence-corrected chi connectivity index (χ1v) is 7.68. The Morgan fingerprint density at radius 1 is 1.27 bits per heavy atom. The Balaban J connectivity index is 1.73. The van der Waals surface area contributed by atoms with Crippen molar-refractivity contribution in [2.24, 2.45) is 0 Å². The molecule has 0 amide bonds. The number of aromatic nitrogens is 1. The summed E-state index contributed by atoms with van der Waals surface area (Å²) in [6.45, 7) is 1.94. The summed E-state index contributed by atoms with van der Waals surface area (Å²) in [7, 11) is 0. The largest absolute Gasteiger partial charge is 0.482 e. The lowest BCUT2D eigenvalue weighted by Gasteiger charge is -2.25. The van der Waals surface area contributed by atoms with Gasteiger partial charge in [0.25, 0.3) is 0 Å². The van der Waals surface area contributed by atoms with E-state index in [0.717, 1.165) is 25.9 Å². The number of rotatable bonds is 4. The number of ether oxygens (including phenoxy) is 1. The highest BCUT2D eigenvalue weighted by molar-refractivity contribution is 6.32. The van der Waals surface area contributed by atoms with Crippen molar-refractivity contribution < 1.29 is 9.15 Å². The van der Waals surface area contributed by atoms with Gasteiger partial charge in [-0.15, -0.1) is 0 Å². The molecule has 22 heavy (non-hydrogen) atoms. The zero-order chi connectivity index (χ0) is 15.4. The summed E-state index contributed by atoms with van der Waals surface area (Å²) in [6, 6.07) is 9.31. The highest BCUT2D eigenvalue weighted by Gasteiger charge is 2.21. The Morgan fingerprint density at radius 3 is 2.77 bits per heavy atom. The molecule has 1 aromatic heterocycles. The fraction of sp³-hybridized carbons (Fsp3) is 0.375. The van der Waals surface area contributed by atoms with E-state index in [9.17, 15) is 5.26 Å². The van der Waals surface area contributed by atoms with Crippen LogP contribution in [0.2, 0.25) is 5.02 Å². The lowest BCUT2D eigenvalue weighted by molar-refractivity contribution is 0.263. The number of nitrogens with zero attached hydrogens (tertiary/aromatic N) is 3. The van der Waals surface area contributed by atoms with Gasteiger partial charge in [0.15, 0.2) is 6.61 Å². The molecule has 114 valence electrons. The number of anilines is 1. The number of piperidine rings is 1. The number of hydrogen-bond donors (Lipinski definition) is 0. The molecule has 1 saturated heterocycles. The number of oxazole rings is 1. The van der Waals surface area contributed by atoms with Gasteiger partial charge in [0.1, 0.15) is 11.8 Å². The van der Waals surface area contributed by atoms with Crippen molar-refractivity contribution >= 4 is 17.5 Å². The van der Waals surface area contributed by atoms with Gasteiger partial charge in [-0.2, -0.15) is 10.2 Å². The number of halogens is 1. The minimum absolute atomic E-state index is 0.145. The van der Waals surface area contributed by atoms with E-state index in [0.29, 0.717) is 28.2 Å². The first-order chi connectivity index (χ1) is 10.8. The molecular formula is C16H16ClN3O2. The highest BCUT2D eigenvalue weighted by Crippen LogP contribution is 2.27. The summed E-state index contributed by atoms with van der Waals surface area (Å²) >= 11 is 6.04. The first kappa shape index (κ1) is 14.7. The molecule has 1 aliphatic heterocycles. The molecule has 2 aromatic rings. The zero-order valence-electron chi connectivity index (χ0n) is 12.1. The van der Waals surface area contributed by atoms with Crippen LogP contribution in [0.15, 0.2) is 28.7 Å². The summed E-state index contributed by atoms with van der Waals surface area (Å²) in [6.07, 6.45) is 3.43. The molecule has 0 unspecified atom stereocenters. The second-order valence-electron chi connectivity index (χ2n) is 5.14. The fourth-order valence-electron chi connectivity index (χ4n) is 2.50. The van der Waals surface area contributed by atoms with Crippen LogP contribution in [0.4, 0.5) is 5.88 Å². The molecule has 0 bridgehead atoms. The van der Waals surface area contributed by atoms with Crippen LogP contribution in [0.3, 0.4) is 0 Å². The summed E-state index contributed by atoms with van der Waals surface area (Å²) in [5.74, 6) is 1.51. The molecule has 2 heterocycles. The smallest absolute Gasteiger partial charge is 0.236 e. The third-order valence-corrected chi connectivity index (χ3v) is 3.90. The van der Waals surface area contributed by atoms with Crippen LogP contribution in [-0.4, -0.2) is 18.1 Å². The maximum atomic E-state index is 9.23. The minimum Gasteiger partial charge on any atom is -0.482 e. The first-order valence-electron chi connectivity index (χ1n) is 7.30. The Hall–Kier alpha value is -2.19. The molecule has 0 spiro atoms. The molecule has 3 rings (SSSR count). The number of hydrogen-bond acceptors (Lipinski definition) is 5. The van der Waals surface area contributed by atoms with E-state index in [2.05, 4.69) is 16.0 Å². The lowest BCUT2D eigenvalue weighted by atomic mass is 10.1. The average Bonchev–Trinajstić information content (AvgIpc) is 2.98. The van der Waals surface area contributed by atoms with Crippen LogP contribution in [0.5, 0.6) is 5.75 Å². The minimum atomic E-state index is 0.145. The summed E-state index contributed by atoms with van der Waals surface area (Å²) in [5, 5.41) is 9.76. The van der Waals surface area contributed by atoms with Gasteiger partial charge in [-0.05, 0) is 31.4 Å². The number of para-hydroxylation sites is 1. The van der Waals surface area contributed by atoms with Gasteiger partial charge in [-0.3, -0.25) is 0 Å². The van der Waals surface area contributed by atoms with Crippen LogP contribution in [-0.2, 0) is 6.61 Å². The van der Waals surface area contributed by atoms with Gasteiger partial charge >= 0.3 is 0 Å². The maximum absolute atomic E-state index is 9.23. The molecule has 0 saturated carbocycles. The molecule has 0 atom stereocenters. The number of nitriles is 1. The molecule has 1 fully saturated rings. The number of benzene rings is 1. The monoisotopic (exact) mass is 317 g/mol. The van der Waals surface area contributed by atoms with Crippen molar-refractivity contribution in [3.05, 3.63) is 40.9 Å². The van der Waals surface area contributed by atoms with Crippen LogP contribution in [0.1, 0.15) is 30.8 Å². The van der Waals surface area contributed by atoms with E-state index in [1.165, 1.54) is 6.42 Å². The van der Waals surface area contributed by atoms with Gasteiger partial charge in [0, 0.05) is 13.1 Å². The Bertz CT molecular complexity index is 687. The summed E-state index contributed by atoms with van der Waals surface area (Å²) in [4.78, 5) is 6.29. The van der Waals surface area contributed by atoms with Crippen molar-refractivity contribution in [1.29, 1.82) is 5.26 Å². The van der Waals surface area contributed by atoms with Crippen molar-refractivity contribution in [2.75, 3.05) is 18.0 Å². The Morgan fingerprint density at radius 2 is 2.05 bits per heavy atom. The maximum Gasteiger partial charge on any atom is 0.236 e. The van der Waals surface area contributed by atoms with E-state index >= 15 is 0 Å². The third-order valence-electron chi connectivity index (χ3n) is 3.59. The van der Waals surface area contributed by atoms with E-state index < -0.39 is 0 Å². The van der Waals surface area contributed by atoms with Crippen LogP contribution in [0, 0.1) is 11.3 Å². The zero-order valence-corrected chi connectivity index (χ0v) is 12.8. The average molecular weight is 318 g/mol. The summed E-state index contributed by atoms with van der Waals surface area (Å²) < 4.78 is 11.3. The quantitative estimate of drug-likeness (QED) is 0.859. The molecule has 0 aliphatic carbocycles. The molecule has 6 heteroatoms. The fourth-order valence-corrected chi connectivity index (χ4v) is 2.69. The summed E-state index contributed by atoms with van der Waals surface area (Å²) in [5.41, 5.74) is 0.319. The van der Waals surface area contributed by atoms with Crippen molar-refractivity contribution in [1.82, 2.24) is 4.98 Å². The van der Waals surface area contributed by atoms with Crippen molar-refractivity contribution in [2.45, 2.75) is 25.9 Å². The topological polar surface area (TPSA) is 62.3 Å². The van der Waals surface area contributed by atoms with E-state index in [-0.39, 0.29) is 6.61 Å². The second kappa shape index (κ2) is 6.71. The van der Waals surface area contributed by atoms with Crippen molar-refractivity contribution in [3.63, 3.8) is 0 Å². The van der Waals surface area contributed by atoms with Gasteiger partial charge in [-0.25, -0.2) is 0 Å². The van der Waals surface area contributed by atoms with Crippen LogP contribution in [0.25, 0.3) is 0 Å². The second-order valence-corrected chi connectivity index (χ2v) is 5.55. The van der Waals surface area contributed by atoms with Crippen LogP contribution >= 0.6 is 11.6 Å². The predicted molar refractivity (Wildman–Crippen MR) is 83.1 cm³/mol. The molecule has 1 aromatic carbocycles. The van der Waals surface area contributed by atoms with Gasteiger partial charge in [0.2, 0.25) is 17.5 Å². The lowest BCUT2D eigenvalue weighted by Crippen LogP contribution is -2.29. The molecule has 5 nitrogen and oxygen atoms in total. The standard InChI is InChI=1S/C16H16ClN3O2/c17-12-6-2-3-7-14(12)21-11-15-19-13(10-18)16(22-15)20-8-4-1-5-9-20/h2-3,6-7H,1,4-5,8-9,11H2. The van der Waals surface area contributed by atoms with Gasteiger partial charge < -0.3 is 14.1 Å². The SMILES string of the molecule is N#Cc1nc(COc2ccccc2Cl)oc1N1CCCCC1. The Kier molecular flexibility index (Phi) is 4.50. The van der Waals surface area contributed by atoms with E-state index in [1.54, 1.807) is 12.1 Å². The Labute approximate surface area is 134 Å². The van der Waals surface area contributed by atoms with Crippen LogP contribution < -0.4 is 9.64 Å². The molecular weight excluding hydrogens is 302 g/mol. The predicted octanol–water partition coefficient (Wildman–Crippen LogP) is 3.77. The third kappa shape index (κ3) is 3.18. The van der Waals surface area contributed by atoms with Gasteiger partial charge in [-0.1, -0.05) is 23.7 Å². The molecule has 0 radical (unpaired) electrons. The highest BCUT2D eigenvalue weighted by atomic mass is 35.5. The van der Waals surface area contributed by atoms with E-state index in [1.807, 2.05) is 12.1 Å². The van der Waals surface area contributed by atoms with E-state index in [4.69, 9.17) is 20.8 Å². The van der Waals surface area contributed by atoms with Crippen molar-refractivity contribution in [3.8, 4) is 11.8 Å². The van der Waals surface area contributed by atoms with Gasteiger partial charge in [0.05, 0.1) is 5.02 Å². The molecule has 1 aliphatic rings.